The zero-order chi connectivity index (χ0) is 18.3. The van der Waals surface area contributed by atoms with Gasteiger partial charge in [-0.05, 0) is 43.5 Å². The van der Waals surface area contributed by atoms with Crippen LogP contribution in [0.3, 0.4) is 0 Å². The summed E-state index contributed by atoms with van der Waals surface area (Å²) in [5.41, 5.74) is 3.25. The molecule has 3 heterocycles. The van der Waals surface area contributed by atoms with Gasteiger partial charge in [-0.2, -0.15) is 0 Å². The molecule has 0 N–H and O–H groups in total. The van der Waals surface area contributed by atoms with Gasteiger partial charge in [0.05, 0.1) is 23.0 Å². The molecule has 2 atom stereocenters. The largest absolute Gasteiger partial charge is 0.359 e. The van der Waals surface area contributed by atoms with Crippen LogP contribution in [0.5, 0.6) is 0 Å². The smallest absolute Gasteiger partial charge is 0.187 e. The first-order valence-corrected chi connectivity index (χ1v) is 9.35. The van der Waals surface area contributed by atoms with Crippen LogP contribution in [0.1, 0.15) is 38.2 Å². The fraction of sp³-hybridized carbons (Fsp3) is 0.429. The third-order valence-corrected chi connectivity index (χ3v) is 5.58. The summed E-state index contributed by atoms with van der Waals surface area (Å²) in [6.07, 6.45) is 8.20. The molecule has 2 unspecified atom stereocenters. The summed E-state index contributed by atoms with van der Waals surface area (Å²) in [4.78, 5) is 22.4. The SMILES string of the molecule is CC1N=C(C2=C(c3ccc(F)cc3)C(=O)C3CCCCCN23)C=CN1C. The Morgan fingerprint density at radius 2 is 1.92 bits per heavy atom. The number of Topliss-reactive ketones (excluding diaryl/α,β-unsaturated/α-hetero) is 1. The van der Waals surface area contributed by atoms with E-state index in [1.807, 2.05) is 31.1 Å². The van der Waals surface area contributed by atoms with Crippen LogP contribution in [-0.2, 0) is 4.79 Å². The molecule has 5 heteroatoms. The van der Waals surface area contributed by atoms with E-state index in [0.29, 0.717) is 5.57 Å². The molecule has 0 aliphatic carbocycles. The fourth-order valence-electron chi connectivity index (χ4n) is 4.03. The number of hydrogen-bond donors (Lipinski definition) is 0. The molecule has 4 nitrogen and oxygen atoms in total. The van der Waals surface area contributed by atoms with Crippen molar-refractivity contribution in [2.75, 3.05) is 13.6 Å². The van der Waals surface area contributed by atoms with Crippen LogP contribution in [0.25, 0.3) is 5.57 Å². The molecule has 0 aromatic heterocycles. The van der Waals surface area contributed by atoms with E-state index in [2.05, 4.69) is 4.90 Å². The molecular weight excluding hydrogens is 329 g/mol. The molecule has 26 heavy (non-hydrogen) atoms. The lowest BCUT2D eigenvalue weighted by Crippen LogP contribution is -2.36. The van der Waals surface area contributed by atoms with Crippen molar-refractivity contribution in [3.63, 3.8) is 0 Å². The summed E-state index contributed by atoms with van der Waals surface area (Å²) < 4.78 is 13.4. The Bertz CT molecular complexity index is 809. The normalized spacial score (nSPS) is 26.1. The van der Waals surface area contributed by atoms with Crippen LogP contribution in [-0.4, -0.2) is 47.1 Å². The Balaban J connectivity index is 1.86. The minimum Gasteiger partial charge on any atom is -0.359 e. The summed E-state index contributed by atoms with van der Waals surface area (Å²) in [5.74, 6) is -0.141. The quantitative estimate of drug-likeness (QED) is 0.815. The van der Waals surface area contributed by atoms with Crippen molar-refractivity contribution in [1.29, 1.82) is 0 Å². The van der Waals surface area contributed by atoms with Crippen molar-refractivity contribution in [3.8, 4) is 0 Å². The summed E-state index contributed by atoms with van der Waals surface area (Å²) >= 11 is 0. The van der Waals surface area contributed by atoms with Crippen molar-refractivity contribution < 1.29 is 9.18 Å². The van der Waals surface area contributed by atoms with Crippen molar-refractivity contribution >= 4 is 17.1 Å². The third kappa shape index (κ3) is 2.85. The Kier molecular flexibility index (Phi) is 4.39. The molecule has 0 amide bonds. The number of hydrogen-bond acceptors (Lipinski definition) is 4. The molecule has 1 aromatic carbocycles. The van der Waals surface area contributed by atoms with E-state index in [1.165, 1.54) is 12.1 Å². The summed E-state index contributed by atoms with van der Waals surface area (Å²) in [6.45, 7) is 2.91. The Morgan fingerprint density at radius 1 is 1.15 bits per heavy atom. The topological polar surface area (TPSA) is 35.9 Å². The fourth-order valence-corrected chi connectivity index (χ4v) is 4.03. The van der Waals surface area contributed by atoms with Crippen LogP contribution in [0.4, 0.5) is 4.39 Å². The number of benzene rings is 1. The van der Waals surface area contributed by atoms with Crippen LogP contribution in [0.15, 0.2) is 47.2 Å². The molecule has 4 rings (SSSR count). The van der Waals surface area contributed by atoms with Gasteiger partial charge in [-0.15, -0.1) is 0 Å². The number of fused-ring (bicyclic) bond motifs is 1. The van der Waals surface area contributed by atoms with Gasteiger partial charge in [0.1, 0.15) is 12.0 Å². The van der Waals surface area contributed by atoms with Gasteiger partial charge >= 0.3 is 0 Å². The minimum absolute atomic E-state index is 0.0260. The standard InChI is InChI=1S/C21H24FN3O/c1-14-23-17(11-13-24(14)2)20-19(15-7-9-16(22)10-8-15)21(26)18-6-4-3-5-12-25(18)20/h7-11,13-14,18H,3-6,12H2,1-2H3. The lowest BCUT2D eigenvalue weighted by atomic mass is 9.96. The molecule has 0 radical (unpaired) electrons. The second-order valence-corrected chi connectivity index (χ2v) is 7.28. The minimum atomic E-state index is -0.291. The number of allylic oxidation sites excluding steroid dienone is 1. The molecule has 3 aliphatic heterocycles. The van der Waals surface area contributed by atoms with Crippen LogP contribution in [0, 0.1) is 5.82 Å². The van der Waals surface area contributed by atoms with Gasteiger partial charge < -0.3 is 9.80 Å². The highest BCUT2D eigenvalue weighted by Gasteiger charge is 2.42. The van der Waals surface area contributed by atoms with E-state index >= 15 is 0 Å². The van der Waals surface area contributed by atoms with Gasteiger partial charge in [-0.3, -0.25) is 9.79 Å². The first-order valence-electron chi connectivity index (χ1n) is 9.35. The van der Waals surface area contributed by atoms with Crippen LogP contribution in [0.2, 0.25) is 0 Å². The molecule has 0 bridgehead atoms. The number of carbonyl (C=O) groups is 1. The van der Waals surface area contributed by atoms with Crippen molar-refractivity contribution in [2.24, 2.45) is 4.99 Å². The molecule has 0 spiro atoms. The van der Waals surface area contributed by atoms with Crippen molar-refractivity contribution in [3.05, 3.63) is 53.6 Å². The van der Waals surface area contributed by atoms with Crippen molar-refractivity contribution in [2.45, 2.75) is 44.8 Å². The van der Waals surface area contributed by atoms with E-state index in [9.17, 15) is 9.18 Å². The molecule has 3 aliphatic rings. The average molecular weight is 353 g/mol. The van der Waals surface area contributed by atoms with E-state index in [1.54, 1.807) is 12.1 Å². The summed E-state index contributed by atoms with van der Waals surface area (Å²) in [5, 5.41) is 0. The predicted octanol–water partition coefficient (Wildman–Crippen LogP) is 3.61. The zero-order valence-electron chi connectivity index (χ0n) is 15.3. The van der Waals surface area contributed by atoms with Gasteiger partial charge in [-0.1, -0.05) is 25.0 Å². The maximum absolute atomic E-state index is 13.4. The van der Waals surface area contributed by atoms with Gasteiger partial charge in [0.15, 0.2) is 5.78 Å². The zero-order valence-corrected chi connectivity index (χ0v) is 15.3. The van der Waals surface area contributed by atoms with Gasteiger partial charge in [-0.25, -0.2) is 4.39 Å². The lowest BCUT2D eigenvalue weighted by molar-refractivity contribution is -0.116. The first kappa shape index (κ1) is 17.0. The first-order chi connectivity index (χ1) is 12.6. The third-order valence-electron chi connectivity index (χ3n) is 5.58. The van der Waals surface area contributed by atoms with Gasteiger partial charge in [0, 0.05) is 19.8 Å². The van der Waals surface area contributed by atoms with E-state index in [-0.39, 0.29) is 23.8 Å². The maximum atomic E-state index is 13.4. The summed E-state index contributed by atoms with van der Waals surface area (Å²) in [6, 6.07) is 6.14. The molecule has 1 aromatic rings. The predicted molar refractivity (Wildman–Crippen MR) is 101 cm³/mol. The van der Waals surface area contributed by atoms with E-state index in [4.69, 9.17) is 4.99 Å². The summed E-state index contributed by atoms with van der Waals surface area (Å²) in [7, 11) is 1.99. The van der Waals surface area contributed by atoms with E-state index < -0.39 is 0 Å². The van der Waals surface area contributed by atoms with Gasteiger partial charge in [0.25, 0.3) is 0 Å². The highest BCUT2D eigenvalue weighted by Crippen LogP contribution is 2.38. The maximum Gasteiger partial charge on any atom is 0.187 e. The molecule has 0 saturated carbocycles. The number of nitrogens with zero attached hydrogens (tertiary/aromatic N) is 3. The second kappa shape index (κ2) is 6.71. The monoisotopic (exact) mass is 353 g/mol. The number of carbonyl (C=O) groups excluding carboxylic acids is 1. The Hall–Kier alpha value is -2.43. The number of halogens is 1. The molecule has 136 valence electrons. The number of rotatable bonds is 2. The van der Waals surface area contributed by atoms with Crippen molar-refractivity contribution in [1.82, 2.24) is 9.80 Å². The van der Waals surface area contributed by atoms with Crippen LogP contribution >= 0.6 is 0 Å². The second-order valence-electron chi connectivity index (χ2n) is 7.28. The Labute approximate surface area is 153 Å². The highest BCUT2D eigenvalue weighted by molar-refractivity contribution is 6.33. The highest BCUT2D eigenvalue weighted by atomic mass is 19.1. The number of aliphatic imine (C=N–C) groups is 1. The Morgan fingerprint density at radius 3 is 2.65 bits per heavy atom. The van der Waals surface area contributed by atoms with E-state index in [0.717, 1.165) is 49.2 Å². The van der Waals surface area contributed by atoms with Crippen LogP contribution < -0.4 is 0 Å². The number of ketones is 1. The molecule has 1 fully saturated rings. The average Bonchev–Trinajstić information content (AvgIpc) is 2.78. The molecular formula is C21H24FN3O. The van der Waals surface area contributed by atoms with Gasteiger partial charge in [0.2, 0.25) is 0 Å². The lowest BCUT2D eigenvalue weighted by Gasteiger charge is -2.30. The molecule has 1 saturated heterocycles.